The lowest BCUT2D eigenvalue weighted by Crippen LogP contribution is -2.29. The monoisotopic (exact) mass is 437 g/mol. The summed E-state index contributed by atoms with van der Waals surface area (Å²) in [6, 6.07) is 12.1. The summed E-state index contributed by atoms with van der Waals surface area (Å²) in [6.45, 7) is 1.92. The van der Waals surface area contributed by atoms with Crippen LogP contribution in [0, 0.1) is 12.7 Å². The molecule has 2 N–H and O–H groups in total. The first-order valence-corrected chi connectivity index (χ1v) is 9.99. The van der Waals surface area contributed by atoms with E-state index >= 15 is 0 Å². The number of carbonyl (C=O) groups is 1. The molecule has 0 aliphatic carbocycles. The molecular formula is C23H17ClFN3O3. The van der Waals surface area contributed by atoms with Gasteiger partial charge in [0.05, 0.1) is 18.8 Å². The zero-order chi connectivity index (χ0) is 21.7. The van der Waals surface area contributed by atoms with E-state index in [4.69, 9.17) is 16.0 Å². The van der Waals surface area contributed by atoms with Gasteiger partial charge < -0.3 is 14.4 Å². The minimum atomic E-state index is -0.762. The summed E-state index contributed by atoms with van der Waals surface area (Å²) in [5.74, 6) is -0.247. The smallest absolute Gasteiger partial charge is 0.273 e. The number of rotatable bonds is 4. The van der Waals surface area contributed by atoms with Crippen molar-refractivity contribution in [2.24, 2.45) is 0 Å². The highest BCUT2D eigenvalue weighted by molar-refractivity contribution is 6.31. The van der Waals surface area contributed by atoms with Gasteiger partial charge in [0.2, 0.25) is 0 Å². The lowest BCUT2D eigenvalue weighted by molar-refractivity contribution is 0.0715. The summed E-state index contributed by atoms with van der Waals surface area (Å²) in [5.41, 5.74) is 2.46. The van der Waals surface area contributed by atoms with Gasteiger partial charge in [-0.1, -0.05) is 29.8 Å². The Labute approximate surface area is 181 Å². The van der Waals surface area contributed by atoms with Crippen molar-refractivity contribution in [3.63, 3.8) is 0 Å². The largest absolute Gasteiger partial charge is 0.507 e. The van der Waals surface area contributed by atoms with Gasteiger partial charge in [-0.25, -0.2) is 4.39 Å². The van der Waals surface area contributed by atoms with Gasteiger partial charge >= 0.3 is 0 Å². The molecule has 0 bridgehead atoms. The molecule has 5 rings (SSSR count). The first-order valence-electron chi connectivity index (χ1n) is 9.61. The van der Waals surface area contributed by atoms with Crippen LogP contribution in [-0.4, -0.2) is 26.1 Å². The minimum Gasteiger partial charge on any atom is -0.507 e. The lowest BCUT2D eigenvalue weighted by atomic mass is 9.95. The van der Waals surface area contributed by atoms with Crippen LogP contribution in [0.15, 0.2) is 59.2 Å². The number of carbonyl (C=O) groups excluding carboxylic acids is 1. The summed E-state index contributed by atoms with van der Waals surface area (Å²) in [4.78, 5) is 14.8. The number of hydrogen-bond donors (Lipinski definition) is 2. The van der Waals surface area contributed by atoms with Crippen LogP contribution in [-0.2, 0) is 6.54 Å². The Morgan fingerprint density at radius 2 is 2.06 bits per heavy atom. The summed E-state index contributed by atoms with van der Waals surface area (Å²) in [5, 5.41) is 18.1. The van der Waals surface area contributed by atoms with Crippen molar-refractivity contribution in [2.75, 3.05) is 0 Å². The van der Waals surface area contributed by atoms with Crippen molar-refractivity contribution in [1.82, 2.24) is 15.1 Å². The molecule has 31 heavy (non-hydrogen) atoms. The van der Waals surface area contributed by atoms with E-state index in [0.717, 1.165) is 0 Å². The van der Waals surface area contributed by atoms with Gasteiger partial charge in [-0.2, -0.15) is 5.10 Å². The average molecular weight is 438 g/mol. The third kappa shape index (κ3) is 3.09. The number of benzene rings is 2. The maximum absolute atomic E-state index is 14.9. The maximum atomic E-state index is 14.9. The van der Waals surface area contributed by atoms with Crippen LogP contribution in [0.5, 0.6) is 5.75 Å². The zero-order valence-corrected chi connectivity index (χ0v) is 17.2. The number of H-pyrrole nitrogens is 1. The second kappa shape index (κ2) is 7.28. The first-order chi connectivity index (χ1) is 15.0. The number of halogens is 2. The molecule has 1 aliphatic heterocycles. The molecule has 1 amide bonds. The second-order valence-corrected chi connectivity index (χ2v) is 7.82. The molecule has 6 nitrogen and oxygen atoms in total. The van der Waals surface area contributed by atoms with E-state index in [2.05, 4.69) is 10.2 Å². The Hall–Kier alpha value is -3.58. The molecule has 4 aromatic rings. The topological polar surface area (TPSA) is 82.4 Å². The SMILES string of the molecule is Cc1cc(O)c(-c2n[nH]c3c2C(c2ccccc2F)N(Cc2ccco2)C3=O)cc1Cl. The number of phenolic OH excluding ortho intramolecular Hbond substituents is 1. The molecule has 8 heteroatoms. The van der Waals surface area contributed by atoms with Crippen LogP contribution >= 0.6 is 11.6 Å². The summed E-state index contributed by atoms with van der Waals surface area (Å²) in [6.07, 6.45) is 1.52. The van der Waals surface area contributed by atoms with Gasteiger partial charge in [0.25, 0.3) is 5.91 Å². The van der Waals surface area contributed by atoms with E-state index in [1.165, 1.54) is 23.3 Å². The van der Waals surface area contributed by atoms with Gasteiger partial charge in [-0.15, -0.1) is 0 Å². The molecule has 156 valence electrons. The Morgan fingerprint density at radius 3 is 2.81 bits per heavy atom. The van der Waals surface area contributed by atoms with Gasteiger partial charge in [0.15, 0.2) is 0 Å². The number of phenols is 1. The summed E-state index contributed by atoms with van der Waals surface area (Å²) in [7, 11) is 0. The van der Waals surface area contributed by atoms with E-state index < -0.39 is 11.9 Å². The normalized spacial score (nSPS) is 15.5. The molecular weight excluding hydrogens is 421 g/mol. The maximum Gasteiger partial charge on any atom is 0.273 e. The molecule has 2 aromatic heterocycles. The van der Waals surface area contributed by atoms with Crippen LogP contribution in [0.2, 0.25) is 5.02 Å². The number of aromatic nitrogens is 2. The van der Waals surface area contributed by atoms with E-state index in [1.54, 1.807) is 43.3 Å². The third-order valence-corrected chi connectivity index (χ3v) is 5.91. The third-order valence-electron chi connectivity index (χ3n) is 5.50. The number of hydrogen-bond acceptors (Lipinski definition) is 4. The number of aromatic hydroxyl groups is 1. The standard InChI is InChI=1S/C23H17ClFN3O3/c1-12-9-18(29)15(10-16(12)24)20-19-21(27-26-20)23(30)28(11-13-5-4-8-31-13)22(19)14-6-2-3-7-17(14)25/h2-10,22,29H,11H2,1H3,(H,26,27). The van der Waals surface area contributed by atoms with Crippen LogP contribution in [0.1, 0.15) is 39.0 Å². The lowest BCUT2D eigenvalue weighted by Gasteiger charge is -2.26. The zero-order valence-electron chi connectivity index (χ0n) is 16.4. The van der Waals surface area contributed by atoms with Crippen LogP contribution < -0.4 is 0 Å². The number of furan rings is 1. The van der Waals surface area contributed by atoms with Gasteiger partial charge in [-0.05, 0) is 42.8 Å². The highest BCUT2D eigenvalue weighted by Gasteiger charge is 2.43. The Balaban J connectivity index is 1.71. The summed E-state index contributed by atoms with van der Waals surface area (Å²) < 4.78 is 20.3. The highest BCUT2D eigenvalue weighted by Crippen LogP contribution is 2.46. The quantitative estimate of drug-likeness (QED) is 0.458. The molecule has 1 aliphatic rings. The predicted molar refractivity (Wildman–Crippen MR) is 112 cm³/mol. The van der Waals surface area contributed by atoms with Crippen molar-refractivity contribution < 1.29 is 18.7 Å². The van der Waals surface area contributed by atoms with E-state index in [9.17, 15) is 14.3 Å². The van der Waals surface area contributed by atoms with Crippen molar-refractivity contribution in [1.29, 1.82) is 0 Å². The van der Waals surface area contributed by atoms with Gasteiger partial charge in [0.1, 0.15) is 28.7 Å². The van der Waals surface area contributed by atoms with Gasteiger partial charge in [-0.3, -0.25) is 9.89 Å². The molecule has 1 atom stereocenters. The number of nitrogens with zero attached hydrogens (tertiary/aromatic N) is 2. The molecule has 0 fully saturated rings. The van der Waals surface area contributed by atoms with Crippen molar-refractivity contribution in [3.8, 4) is 17.0 Å². The fourth-order valence-corrected chi connectivity index (χ4v) is 4.18. The molecule has 2 aromatic carbocycles. The van der Waals surface area contributed by atoms with Crippen LogP contribution in [0.25, 0.3) is 11.3 Å². The molecule has 0 spiro atoms. The number of aryl methyl sites for hydroxylation is 1. The molecule has 0 saturated carbocycles. The number of nitrogens with one attached hydrogen (secondary N) is 1. The minimum absolute atomic E-state index is 0.0274. The average Bonchev–Trinajstić information content (AvgIpc) is 3.46. The predicted octanol–water partition coefficient (Wildman–Crippen LogP) is 5.22. The molecule has 0 radical (unpaired) electrons. The molecule has 3 heterocycles. The number of fused-ring (bicyclic) bond motifs is 1. The molecule has 0 saturated heterocycles. The van der Waals surface area contributed by atoms with Crippen LogP contribution in [0.3, 0.4) is 0 Å². The van der Waals surface area contributed by atoms with E-state index in [-0.39, 0.29) is 23.9 Å². The second-order valence-electron chi connectivity index (χ2n) is 7.42. The Bertz CT molecular complexity index is 1300. The fraction of sp³-hybridized carbons (Fsp3) is 0.130. The number of amides is 1. The fourth-order valence-electron chi connectivity index (χ4n) is 4.01. The van der Waals surface area contributed by atoms with E-state index in [0.29, 0.717) is 38.7 Å². The van der Waals surface area contributed by atoms with Crippen molar-refractivity contribution >= 4 is 17.5 Å². The Morgan fingerprint density at radius 1 is 1.26 bits per heavy atom. The summed E-state index contributed by atoms with van der Waals surface area (Å²) >= 11 is 6.29. The first kappa shape index (κ1) is 19.4. The van der Waals surface area contributed by atoms with Crippen molar-refractivity contribution in [3.05, 3.63) is 93.8 Å². The Kier molecular flexibility index (Phi) is 4.55. The van der Waals surface area contributed by atoms with Crippen LogP contribution in [0.4, 0.5) is 4.39 Å². The van der Waals surface area contributed by atoms with E-state index in [1.807, 2.05) is 0 Å². The van der Waals surface area contributed by atoms with Crippen molar-refractivity contribution in [2.45, 2.75) is 19.5 Å². The molecule has 1 unspecified atom stereocenters. The van der Waals surface area contributed by atoms with Gasteiger partial charge in [0, 0.05) is 21.7 Å². The highest BCUT2D eigenvalue weighted by atomic mass is 35.5. The number of aromatic amines is 1.